The third kappa shape index (κ3) is 2.48. The lowest BCUT2D eigenvalue weighted by molar-refractivity contribution is 1.32. The van der Waals surface area contributed by atoms with Crippen LogP contribution in [-0.4, -0.2) is 8.07 Å². The summed E-state index contributed by atoms with van der Waals surface area (Å²) in [5.74, 6) is 0. The predicted octanol–water partition coefficient (Wildman–Crippen LogP) is 6.31. The number of hydrogen-bond acceptors (Lipinski definition) is 0. The molecule has 0 nitrogen and oxygen atoms in total. The van der Waals surface area contributed by atoms with Gasteiger partial charge in [0.2, 0.25) is 0 Å². The normalized spacial score (nSPS) is 15.8. The molecule has 0 spiro atoms. The van der Waals surface area contributed by atoms with Crippen LogP contribution in [0.25, 0.3) is 12.2 Å². The summed E-state index contributed by atoms with van der Waals surface area (Å²) in [6.07, 6.45) is 9.84. The molecule has 0 N–H and O–H groups in total. The molecule has 0 heterocycles. The summed E-state index contributed by atoms with van der Waals surface area (Å²) in [4.78, 5) is 0. The van der Waals surface area contributed by atoms with Crippen molar-refractivity contribution in [1.29, 1.82) is 0 Å². The second kappa shape index (κ2) is 5.57. The Morgan fingerprint density at radius 1 is 0.520 bits per heavy atom. The molecule has 0 bridgehead atoms. The molecule has 0 fully saturated rings. The standard InChI is InChI=1S/C24H26Si/c1-15-7-8-16(2)22-12-19(11-21(15)22)25(5,6)20-13-23-17(3)9-10-18(4)24(23)14-20/h7-14H,1-6H3. The van der Waals surface area contributed by atoms with Crippen molar-refractivity contribution < 1.29 is 0 Å². The fourth-order valence-corrected chi connectivity index (χ4v) is 6.42. The van der Waals surface area contributed by atoms with Crippen LogP contribution in [0.5, 0.6) is 0 Å². The van der Waals surface area contributed by atoms with Gasteiger partial charge in [-0.05, 0) is 72.2 Å². The van der Waals surface area contributed by atoms with E-state index in [9.17, 15) is 0 Å². The van der Waals surface area contributed by atoms with E-state index >= 15 is 0 Å². The van der Waals surface area contributed by atoms with Gasteiger partial charge >= 0.3 is 0 Å². The third-order valence-corrected chi connectivity index (χ3v) is 9.55. The van der Waals surface area contributed by atoms with Crippen LogP contribution in [-0.2, 0) is 0 Å². The van der Waals surface area contributed by atoms with Crippen molar-refractivity contribution in [3.05, 3.63) is 92.0 Å². The first-order valence-corrected chi connectivity index (χ1v) is 12.1. The minimum absolute atomic E-state index is 1.39. The molecule has 0 aromatic heterocycles. The predicted molar refractivity (Wildman–Crippen MR) is 112 cm³/mol. The van der Waals surface area contributed by atoms with E-state index in [1.54, 1.807) is 10.4 Å². The monoisotopic (exact) mass is 342 g/mol. The highest BCUT2D eigenvalue weighted by atomic mass is 28.3. The summed E-state index contributed by atoms with van der Waals surface area (Å²) in [7, 11) is -1.71. The number of aryl methyl sites for hydroxylation is 4. The van der Waals surface area contributed by atoms with E-state index in [0.717, 1.165) is 0 Å². The Hall–Kier alpha value is -1.86. The Kier molecular flexibility index (Phi) is 3.70. The lowest BCUT2D eigenvalue weighted by atomic mass is 10.00. The van der Waals surface area contributed by atoms with Crippen LogP contribution in [0.4, 0.5) is 0 Å². The van der Waals surface area contributed by atoms with E-state index in [1.165, 1.54) is 44.5 Å². The molecule has 2 aliphatic carbocycles. The number of rotatable bonds is 2. The molecular weight excluding hydrogens is 316 g/mol. The van der Waals surface area contributed by atoms with Gasteiger partial charge in [-0.15, -0.1) is 0 Å². The van der Waals surface area contributed by atoms with Crippen molar-refractivity contribution in [2.24, 2.45) is 0 Å². The number of benzene rings is 2. The summed E-state index contributed by atoms with van der Waals surface area (Å²) in [5.41, 5.74) is 11.3. The van der Waals surface area contributed by atoms with Gasteiger partial charge in [-0.25, -0.2) is 0 Å². The van der Waals surface area contributed by atoms with Crippen molar-refractivity contribution in [3.63, 3.8) is 0 Å². The molecule has 0 aliphatic heterocycles. The maximum atomic E-state index is 2.49. The van der Waals surface area contributed by atoms with Gasteiger partial charge in [0.1, 0.15) is 8.07 Å². The van der Waals surface area contributed by atoms with E-state index in [-0.39, 0.29) is 0 Å². The topological polar surface area (TPSA) is 0 Å². The van der Waals surface area contributed by atoms with E-state index in [0.29, 0.717) is 0 Å². The summed E-state index contributed by atoms with van der Waals surface area (Å²) in [6, 6.07) is 9.00. The number of hydrogen-bond donors (Lipinski definition) is 0. The maximum absolute atomic E-state index is 2.49. The average Bonchev–Trinajstić information content (AvgIpc) is 3.21. The summed E-state index contributed by atoms with van der Waals surface area (Å²) < 4.78 is 0. The minimum atomic E-state index is -1.71. The Morgan fingerprint density at radius 2 is 0.840 bits per heavy atom. The summed E-state index contributed by atoms with van der Waals surface area (Å²) >= 11 is 0. The van der Waals surface area contributed by atoms with Gasteiger partial charge in [0.15, 0.2) is 0 Å². The zero-order chi connectivity index (χ0) is 17.9. The van der Waals surface area contributed by atoms with Crippen LogP contribution >= 0.6 is 0 Å². The SMILES string of the molecule is Cc1ccc(C)c2c1[CH]C([Si](C)(C)C1=Cc3c(C)ccc(C)c3[CH]1)=C2. The fourth-order valence-electron chi connectivity index (χ4n) is 4.07. The Balaban J connectivity index is 1.73. The number of fused-ring (bicyclic) bond motifs is 2. The van der Waals surface area contributed by atoms with Gasteiger partial charge in [0.25, 0.3) is 0 Å². The van der Waals surface area contributed by atoms with Crippen LogP contribution in [0.2, 0.25) is 13.1 Å². The van der Waals surface area contributed by atoms with E-state index < -0.39 is 8.07 Å². The molecule has 2 radical (unpaired) electrons. The van der Waals surface area contributed by atoms with E-state index in [4.69, 9.17) is 0 Å². The molecule has 2 aliphatic rings. The van der Waals surface area contributed by atoms with Crippen LogP contribution in [0.1, 0.15) is 44.5 Å². The van der Waals surface area contributed by atoms with Crippen LogP contribution in [0.3, 0.4) is 0 Å². The van der Waals surface area contributed by atoms with Crippen LogP contribution in [0, 0.1) is 40.5 Å². The molecule has 1 heteroatoms. The second-order valence-electron chi connectivity index (χ2n) is 8.17. The van der Waals surface area contributed by atoms with Crippen molar-refractivity contribution in [2.45, 2.75) is 40.8 Å². The van der Waals surface area contributed by atoms with Gasteiger partial charge in [-0.1, -0.05) is 59.9 Å². The largest absolute Gasteiger partial charge is 0.104 e. The molecule has 0 atom stereocenters. The zero-order valence-corrected chi connectivity index (χ0v) is 17.1. The maximum Gasteiger partial charge on any atom is 0.104 e. The summed E-state index contributed by atoms with van der Waals surface area (Å²) in [6.45, 7) is 13.9. The van der Waals surface area contributed by atoms with Gasteiger partial charge in [0.05, 0.1) is 0 Å². The lowest BCUT2D eigenvalue weighted by Crippen LogP contribution is -2.31. The summed E-state index contributed by atoms with van der Waals surface area (Å²) in [5, 5.41) is 3.09. The quantitative estimate of drug-likeness (QED) is 0.561. The molecule has 2 aromatic rings. The molecule has 4 rings (SSSR count). The molecule has 2 aromatic carbocycles. The molecule has 0 amide bonds. The van der Waals surface area contributed by atoms with E-state index in [2.05, 4.69) is 90.0 Å². The molecule has 25 heavy (non-hydrogen) atoms. The highest BCUT2D eigenvalue weighted by molar-refractivity contribution is 6.93. The Labute approximate surface area is 153 Å². The molecule has 0 unspecified atom stereocenters. The minimum Gasteiger partial charge on any atom is -0.0675 e. The van der Waals surface area contributed by atoms with Crippen LogP contribution in [0.15, 0.2) is 34.7 Å². The average molecular weight is 343 g/mol. The zero-order valence-electron chi connectivity index (χ0n) is 16.1. The van der Waals surface area contributed by atoms with Gasteiger partial charge in [0, 0.05) is 12.8 Å². The fraction of sp³-hybridized carbons (Fsp3) is 0.250. The first kappa shape index (κ1) is 16.6. The highest BCUT2D eigenvalue weighted by Crippen LogP contribution is 2.43. The number of allylic oxidation sites excluding steroid dienone is 2. The first-order valence-electron chi connectivity index (χ1n) is 9.13. The Bertz CT molecular complexity index is 877. The van der Waals surface area contributed by atoms with Crippen molar-refractivity contribution in [1.82, 2.24) is 0 Å². The molecular formula is C24H26Si. The van der Waals surface area contributed by atoms with Crippen molar-refractivity contribution >= 4 is 20.2 Å². The molecule has 0 saturated heterocycles. The molecule has 126 valence electrons. The van der Waals surface area contributed by atoms with Crippen molar-refractivity contribution in [2.75, 3.05) is 0 Å². The van der Waals surface area contributed by atoms with Crippen molar-refractivity contribution in [3.8, 4) is 0 Å². The lowest BCUT2D eigenvalue weighted by Gasteiger charge is -2.26. The second-order valence-corrected chi connectivity index (χ2v) is 12.6. The Morgan fingerprint density at radius 3 is 1.16 bits per heavy atom. The van der Waals surface area contributed by atoms with Gasteiger partial charge in [-0.2, -0.15) is 0 Å². The van der Waals surface area contributed by atoms with Crippen LogP contribution < -0.4 is 0 Å². The van der Waals surface area contributed by atoms with E-state index in [1.807, 2.05) is 0 Å². The highest BCUT2D eigenvalue weighted by Gasteiger charge is 2.36. The smallest absolute Gasteiger partial charge is 0.0675 e. The third-order valence-electron chi connectivity index (χ3n) is 6.09. The van der Waals surface area contributed by atoms with Gasteiger partial charge in [-0.3, -0.25) is 0 Å². The molecule has 0 saturated carbocycles. The van der Waals surface area contributed by atoms with Gasteiger partial charge < -0.3 is 0 Å². The first-order chi connectivity index (χ1) is 11.8.